The van der Waals surface area contributed by atoms with E-state index in [-0.39, 0.29) is 18.4 Å². The second-order valence-corrected chi connectivity index (χ2v) is 8.24. The number of anilines is 1. The average molecular weight is 422 g/mol. The Morgan fingerprint density at radius 2 is 1.56 bits per heavy atom. The second-order valence-electron chi connectivity index (χ2n) is 8.24. The molecule has 32 heavy (non-hydrogen) atoms. The summed E-state index contributed by atoms with van der Waals surface area (Å²) in [4.78, 5) is 43.7. The van der Waals surface area contributed by atoms with E-state index in [0.29, 0.717) is 22.4 Å². The SMILES string of the molecule is C=C1c2ccccc2N(C(C)=O)C12C(=O)N(Cc1ccccc1)C(=O)c1cccc(C)c12. The lowest BCUT2D eigenvalue weighted by atomic mass is 9.73. The van der Waals surface area contributed by atoms with E-state index in [1.165, 1.54) is 16.7 Å². The Labute approximate surface area is 186 Å². The first-order valence-electron chi connectivity index (χ1n) is 10.5. The summed E-state index contributed by atoms with van der Waals surface area (Å²) in [5, 5.41) is 0. The van der Waals surface area contributed by atoms with E-state index in [4.69, 9.17) is 0 Å². The van der Waals surface area contributed by atoms with Gasteiger partial charge in [-0.3, -0.25) is 24.2 Å². The summed E-state index contributed by atoms with van der Waals surface area (Å²) in [7, 11) is 0. The molecule has 0 radical (unpaired) electrons. The minimum absolute atomic E-state index is 0.114. The molecule has 2 aliphatic heterocycles. The molecule has 3 amide bonds. The number of carbonyl (C=O) groups excluding carboxylic acids is 3. The molecule has 5 heteroatoms. The molecule has 0 saturated heterocycles. The molecule has 1 unspecified atom stereocenters. The maximum absolute atomic E-state index is 14.3. The first-order chi connectivity index (χ1) is 15.4. The number of hydrogen-bond acceptors (Lipinski definition) is 3. The van der Waals surface area contributed by atoms with Gasteiger partial charge in [-0.25, -0.2) is 0 Å². The molecule has 0 N–H and O–H groups in total. The highest BCUT2D eigenvalue weighted by Crippen LogP contribution is 2.56. The maximum Gasteiger partial charge on any atom is 0.265 e. The zero-order valence-corrected chi connectivity index (χ0v) is 18.0. The predicted octanol–water partition coefficient (Wildman–Crippen LogP) is 4.45. The van der Waals surface area contributed by atoms with Crippen molar-refractivity contribution < 1.29 is 14.4 Å². The minimum atomic E-state index is -1.50. The number of hydrogen-bond donors (Lipinski definition) is 0. The largest absolute Gasteiger partial charge is 0.288 e. The molecule has 5 rings (SSSR count). The number of amides is 3. The first kappa shape index (κ1) is 19.9. The highest BCUT2D eigenvalue weighted by Gasteiger charge is 2.61. The van der Waals surface area contributed by atoms with Gasteiger partial charge in [0.2, 0.25) is 5.91 Å². The van der Waals surface area contributed by atoms with Crippen LogP contribution in [0.1, 0.15) is 39.5 Å². The van der Waals surface area contributed by atoms with Gasteiger partial charge in [0.25, 0.3) is 11.8 Å². The van der Waals surface area contributed by atoms with Gasteiger partial charge in [-0.1, -0.05) is 67.2 Å². The van der Waals surface area contributed by atoms with E-state index in [1.807, 2.05) is 67.6 Å². The third-order valence-electron chi connectivity index (χ3n) is 6.41. The first-order valence-corrected chi connectivity index (χ1v) is 10.5. The topological polar surface area (TPSA) is 57.7 Å². The highest BCUT2D eigenvalue weighted by atomic mass is 16.2. The van der Waals surface area contributed by atoms with Crippen molar-refractivity contribution in [3.63, 3.8) is 0 Å². The lowest BCUT2D eigenvalue weighted by molar-refractivity contribution is -0.135. The quantitative estimate of drug-likeness (QED) is 0.573. The van der Waals surface area contributed by atoms with Crippen LogP contribution >= 0.6 is 0 Å². The monoisotopic (exact) mass is 422 g/mol. The number of carbonyl (C=O) groups is 3. The van der Waals surface area contributed by atoms with Crippen molar-refractivity contribution in [2.75, 3.05) is 4.90 Å². The highest BCUT2D eigenvalue weighted by molar-refractivity contribution is 6.25. The fourth-order valence-corrected chi connectivity index (χ4v) is 5.10. The van der Waals surface area contributed by atoms with Gasteiger partial charge in [0.1, 0.15) is 0 Å². The van der Waals surface area contributed by atoms with Crippen molar-refractivity contribution in [2.45, 2.75) is 25.9 Å². The number of nitrogens with zero attached hydrogens (tertiary/aromatic N) is 2. The van der Waals surface area contributed by atoms with E-state index in [1.54, 1.807) is 12.1 Å². The van der Waals surface area contributed by atoms with Gasteiger partial charge in [-0.15, -0.1) is 0 Å². The van der Waals surface area contributed by atoms with E-state index in [0.717, 1.165) is 16.7 Å². The summed E-state index contributed by atoms with van der Waals surface area (Å²) < 4.78 is 0. The number of imide groups is 1. The molecule has 2 aliphatic rings. The molecular formula is C27H22N2O3. The summed E-state index contributed by atoms with van der Waals surface area (Å²) in [6.45, 7) is 7.73. The van der Waals surface area contributed by atoms with Crippen LogP contribution in [0.15, 0.2) is 79.4 Å². The van der Waals surface area contributed by atoms with Gasteiger partial charge in [0, 0.05) is 23.6 Å². The Hall–Kier alpha value is -3.99. The zero-order chi connectivity index (χ0) is 22.6. The van der Waals surface area contributed by atoms with Crippen LogP contribution in [-0.2, 0) is 21.7 Å². The molecule has 1 spiro atoms. The van der Waals surface area contributed by atoms with Gasteiger partial charge >= 0.3 is 0 Å². The lowest BCUT2D eigenvalue weighted by Crippen LogP contribution is -2.62. The molecule has 5 nitrogen and oxygen atoms in total. The Bertz CT molecular complexity index is 1310. The molecule has 3 aromatic carbocycles. The summed E-state index contributed by atoms with van der Waals surface area (Å²) in [5.41, 5.74) is 2.92. The predicted molar refractivity (Wildman–Crippen MR) is 123 cm³/mol. The summed E-state index contributed by atoms with van der Waals surface area (Å²) >= 11 is 0. The molecule has 158 valence electrons. The third-order valence-corrected chi connectivity index (χ3v) is 6.41. The van der Waals surface area contributed by atoms with Gasteiger partial charge in [0.15, 0.2) is 5.54 Å². The van der Waals surface area contributed by atoms with Crippen LogP contribution in [0.3, 0.4) is 0 Å². The summed E-state index contributed by atoms with van der Waals surface area (Å²) in [6.07, 6.45) is 0. The van der Waals surface area contributed by atoms with Crippen LogP contribution in [0.4, 0.5) is 5.69 Å². The fraction of sp³-hybridized carbons (Fsp3) is 0.148. The van der Waals surface area contributed by atoms with Crippen molar-refractivity contribution >= 4 is 29.0 Å². The van der Waals surface area contributed by atoms with Crippen molar-refractivity contribution in [3.8, 4) is 0 Å². The number of rotatable bonds is 2. The second kappa shape index (κ2) is 7.02. The Morgan fingerprint density at radius 1 is 0.906 bits per heavy atom. The van der Waals surface area contributed by atoms with E-state index >= 15 is 0 Å². The molecule has 1 atom stereocenters. The third kappa shape index (κ3) is 2.48. The van der Waals surface area contributed by atoms with Gasteiger partial charge < -0.3 is 0 Å². The Morgan fingerprint density at radius 3 is 2.28 bits per heavy atom. The van der Waals surface area contributed by atoms with E-state index in [9.17, 15) is 14.4 Å². The molecule has 0 saturated carbocycles. The Balaban J connectivity index is 1.82. The van der Waals surface area contributed by atoms with Crippen LogP contribution in [0, 0.1) is 6.92 Å². The number of benzene rings is 3. The minimum Gasteiger partial charge on any atom is -0.288 e. The van der Waals surface area contributed by atoms with Crippen LogP contribution in [0.5, 0.6) is 0 Å². The van der Waals surface area contributed by atoms with Crippen LogP contribution in [0.2, 0.25) is 0 Å². The summed E-state index contributed by atoms with van der Waals surface area (Å²) in [6, 6.07) is 22.2. The van der Waals surface area contributed by atoms with Crippen molar-refractivity contribution in [1.82, 2.24) is 4.90 Å². The smallest absolute Gasteiger partial charge is 0.265 e. The van der Waals surface area contributed by atoms with Crippen LogP contribution < -0.4 is 4.90 Å². The van der Waals surface area contributed by atoms with E-state index in [2.05, 4.69) is 6.58 Å². The number of fused-ring (bicyclic) bond motifs is 3. The van der Waals surface area contributed by atoms with Crippen molar-refractivity contribution in [2.24, 2.45) is 0 Å². The van der Waals surface area contributed by atoms with Crippen LogP contribution in [0.25, 0.3) is 5.57 Å². The average Bonchev–Trinajstić information content (AvgIpc) is 3.05. The van der Waals surface area contributed by atoms with Gasteiger partial charge in [0.05, 0.1) is 12.2 Å². The molecule has 0 aromatic heterocycles. The standard InChI is InChI=1S/C27H22N2O3/c1-17-10-9-14-22-24(17)27(18(2)21-13-7-8-15-23(21)29(27)19(3)30)26(32)28(25(22)31)16-20-11-5-4-6-12-20/h4-15H,2,16H2,1,3H3. The molecule has 0 fully saturated rings. The molecule has 0 bridgehead atoms. The maximum atomic E-state index is 14.3. The molecule has 0 aliphatic carbocycles. The number of para-hydroxylation sites is 1. The fourth-order valence-electron chi connectivity index (χ4n) is 5.10. The molecule has 3 aromatic rings. The lowest BCUT2D eigenvalue weighted by Gasteiger charge is -2.45. The van der Waals surface area contributed by atoms with Crippen LogP contribution in [-0.4, -0.2) is 22.6 Å². The summed E-state index contributed by atoms with van der Waals surface area (Å²) in [5.74, 6) is -1.10. The van der Waals surface area contributed by atoms with Gasteiger partial charge in [-0.2, -0.15) is 0 Å². The molecule has 2 heterocycles. The number of aryl methyl sites for hydroxylation is 1. The van der Waals surface area contributed by atoms with E-state index < -0.39 is 11.4 Å². The Kier molecular flexibility index (Phi) is 4.38. The van der Waals surface area contributed by atoms with Gasteiger partial charge in [-0.05, 0) is 35.8 Å². The van der Waals surface area contributed by atoms with Crippen molar-refractivity contribution in [1.29, 1.82) is 0 Å². The van der Waals surface area contributed by atoms with Crippen molar-refractivity contribution in [3.05, 3.63) is 107 Å². The molecular weight excluding hydrogens is 400 g/mol. The normalized spacial score (nSPS) is 19.4. The zero-order valence-electron chi connectivity index (χ0n) is 18.0.